The van der Waals surface area contributed by atoms with E-state index in [4.69, 9.17) is 0 Å². The van der Waals surface area contributed by atoms with Crippen LogP contribution in [0.4, 0.5) is 5.82 Å². The van der Waals surface area contributed by atoms with Gasteiger partial charge in [-0.15, -0.1) is 11.3 Å². The number of nitrogens with zero attached hydrogens (tertiary/aromatic N) is 3. The lowest BCUT2D eigenvalue weighted by Gasteiger charge is -2.19. The Morgan fingerprint density at radius 2 is 2.05 bits per heavy atom. The number of thiophene rings is 1. The maximum atomic E-state index is 11.7. The lowest BCUT2D eigenvalue weighted by Crippen LogP contribution is -2.33. The minimum atomic E-state index is -0.0529. The summed E-state index contributed by atoms with van der Waals surface area (Å²) in [5, 5.41) is 5.57. The van der Waals surface area contributed by atoms with Gasteiger partial charge in [0.05, 0.1) is 16.9 Å². The molecule has 1 amide bonds. The number of benzene rings is 1. The van der Waals surface area contributed by atoms with Crippen molar-refractivity contribution < 1.29 is 4.79 Å². The van der Waals surface area contributed by atoms with E-state index in [1.54, 1.807) is 18.4 Å². The van der Waals surface area contributed by atoms with Gasteiger partial charge in [-0.3, -0.25) is 4.79 Å². The smallest absolute Gasteiger partial charge is 0.239 e. The predicted molar refractivity (Wildman–Crippen MR) is 90.2 cm³/mol. The first-order chi connectivity index (χ1) is 10.7. The quantitative estimate of drug-likeness (QED) is 0.804. The molecule has 0 spiro atoms. The molecule has 0 aliphatic carbocycles. The van der Waals surface area contributed by atoms with E-state index in [1.807, 2.05) is 53.7 Å². The highest BCUT2D eigenvalue weighted by molar-refractivity contribution is 7.13. The van der Waals surface area contributed by atoms with Gasteiger partial charge in [-0.1, -0.05) is 18.2 Å². The molecule has 6 heteroatoms. The van der Waals surface area contributed by atoms with Crippen molar-refractivity contribution >= 4 is 34.0 Å². The standard InChI is InChI=1S/C16H16N4OS/c1-17-14(21)10-20(2)16-11-6-3-4-7-12(11)18-15(19-16)13-8-5-9-22-13/h3-9H,10H2,1-2H3,(H,17,21). The Morgan fingerprint density at radius 1 is 1.23 bits per heavy atom. The summed E-state index contributed by atoms with van der Waals surface area (Å²) in [6.45, 7) is 0.251. The molecule has 0 radical (unpaired) electrons. The van der Waals surface area contributed by atoms with Gasteiger partial charge >= 0.3 is 0 Å². The molecule has 0 saturated heterocycles. The Hall–Kier alpha value is -2.47. The normalized spacial score (nSPS) is 10.6. The molecule has 0 saturated carbocycles. The van der Waals surface area contributed by atoms with Crippen molar-refractivity contribution in [2.45, 2.75) is 0 Å². The van der Waals surface area contributed by atoms with Crippen LogP contribution >= 0.6 is 11.3 Å². The first-order valence-corrected chi connectivity index (χ1v) is 7.79. The van der Waals surface area contributed by atoms with Crippen molar-refractivity contribution in [1.29, 1.82) is 0 Å². The average molecular weight is 312 g/mol. The zero-order valence-corrected chi connectivity index (χ0v) is 13.2. The minimum absolute atomic E-state index is 0.0529. The molecular formula is C16H16N4OS. The fourth-order valence-electron chi connectivity index (χ4n) is 2.24. The van der Waals surface area contributed by atoms with Crippen LogP contribution in [-0.4, -0.2) is 36.5 Å². The summed E-state index contributed by atoms with van der Waals surface area (Å²) in [4.78, 5) is 23.8. The maximum Gasteiger partial charge on any atom is 0.239 e. The highest BCUT2D eigenvalue weighted by atomic mass is 32.1. The summed E-state index contributed by atoms with van der Waals surface area (Å²) >= 11 is 1.60. The fraction of sp³-hybridized carbons (Fsp3) is 0.188. The lowest BCUT2D eigenvalue weighted by molar-refractivity contribution is -0.119. The Morgan fingerprint density at radius 3 is 2.77 bits per heavy atom. The largest absolute Gasteiger partial charge is 0.358 e. The molecule has 0 fully saturated rings. The summed E-state index contributed by atoms with van der Waals surface area (Å²) in [6, 6.07) is 11.8. The van der Waals surface area contributed by atoms with Crippen LogP contribution in [0, 0.1) is 0 Å². The Kier molecular flexibility index (Phi) is 4.02. The van der Waals surface area contributed by atoms with E-state index in [2.05, 4.69) is 15.3 Å². The monoisotopic (exact) mass is 312 g/mol. The van der Waals surface area contributed by atoms with Crippen molar-refractivity contribution in [3.8, 4) is 10.7 Å². The third kappa shape index (κ3) is 2.78. The van der Waals surface area contributed by atoms with Gasteiger partial charge < -0.3 is 10.2 Å². The molecule has 1 N–H and O–H groups in total. The molecule has 22 heavy (non-hydrogen) atoms. The van der Waals surface area contributed by atoms with Crippen molar-refractivity contribution in [3.05, 3.63) is 41.8 Å². The molecule has 0 atom stereocenters. The second-order valence-electron chi connectivity index (χ2n) is 4.89. The van der Waals surface area contributed by atoms with Crippen LogP contribution in [0.3, 0.4) is 0 Å². The molecule has 3 aromatic rings. The summed E-state index contributed by atoms with van der Waals surface area (Å²) in [7, 11) is 3.49. The average Bonchev–Trinajstić information content (AvgIpc) is 3.08. The fourth-order valence-corrected chi connectivity index (χ4v) is 2.89. The van der Waals surface area contributed by atoms with Crippen LogP contribution in [0.5, 0.6) is 0 Å². The molecule has 112 valence electrons. The third-order valence-corrected chi connectivity index (χ3v) is 4.21. The number of hydrogen-bond donors (Lipinski definition) is 1. The highest BCUT2D eigenvalue weighted by Gasteiger charge is 2.14. The van der Waals surface area contributed by atoms with Crippen molar-refractivity contribution in [1.82, 2.24) is 15.3 Å². The summed E-state index contributed by atoms with van der Waals surface area (Å²) in [5.74, 6) is 1.40. The summed E-state index contributed by atoms with van der Waals surface area (Å²) in [5.41, 5.74) is 0.875. The van der Waals surface area contributed by atoms with E-state index in [-0.39, 0.29) is 12.5 Å². The zero-order chi connectivity index (χ0) is 15.5. The Balaban J connectivity index is 2.12. The molecule has 0 aliphatic rings. The number of para-hydroxylation sites is 1. The topological polar surface area (TPSA) is 58.1 Å². The van der Waals surface area contributed by atoms with Crippen LogP contribution in [0.25, 0.3) is 21.6 Å². The van der Waals surface area contributed by atoms with E-state index in [0.717, 1.165) is 21.6 Å². The number of anilines is 1. The number of nitrogens with one attached hydrogen (secondary N) is 1. The van der Waals surface area contributed by atoms with E-state index in [1.165, 1.54) is 0 Å². The molecule has 0 aliphatic heterocycles. The van der Waals surface area contributed by atoms with E-state index < -0.39 is 0 Å². The molecular weight excluding hydrogens is 296 g/mol. The number of carbonyl (C=O) groups is 1. The van der Waals surface area contributed by atoms with E-state index >= 15 is 0 Å². The second kappa shape index (κ2) is 6.11. The van der Waals surface area contributed by atoms with Crippen LogP contribution in [-0.2, 0) is 4.79 Å². The first-order valence-electron chi connectivity index (χ1n) is 6.91. The van der Waals surface area contributed by atoms with Crippen molar-refractivity contribution in [3.63, 3.8) is 0 Å². The van der Waals surface area contributed by atoms with Crippen LogP contribution in [0.15, 0.2) is 41.8 Å². The van der Waals surface area contributed by atoms with Gasteiger partial charge in [0.1, 0.15) is 5.82 Å². The summed E-state index contributed by atoms with van der Waals surface area (Å²) in [6.07, 6.45) is 0. The first kappa shape index (κ1) is 14.5. The van der Waals surface area contributed by atoms with Gasteiger partial charge in [-0.25, -0.2) is 9.97 Å². The number of amides is 1. The molecule has 0 unspecified atom stereocenters. The maximum absolute atomic E-state index is 11.7. The number of fused-ring (bicyclic) bond motifs is 1. The van der Waals surface area contributed by atoms with E-state index in [9.17, 15) is 4.79 Å². The Labute approximate surface area is 132 Å². The van der Waals surface area contributed by atoms with Crippen molar-refractivity contribution in [2.75, 3.05) is 25.5 Å². The van der Waals surface area contributed by atoms with Crippen LogP contribution < -0.4 is 10.2 Å². The van der Waals surface area contributed by atoms with Gasteiger partial charge in [-0.2, -0.15) is 0 Å². The van der Waals surface area contributed by atoms with Gasteiger partial charge in [-0.05, 0) is 23.6 Å². The molecule has 1 aromatic carbocycles. The number of hydrogen-bond acceptors (Lipinski definition) is 5. The lowest BCUT2D eigenvalue weighted by atomic mass is 10.2. The SMILES string of the molecule is CNC(=O)CN(C)c1nc(-c2cccs2)nc2ccccc12. The zero-order valence-electron chi connectivity index (χ0n) is 12.4. The number of aromatic nitrogens is 2. The highest BCUT2D eigenvalue weighted by Crippen LogP contribution is 2.28. The van der Waals surface area contributed by atoms with Gasteiger partial charge in [0.15, 0.2) is 5.82 Å². The van der Waals surface area contributed by atoms with Gasteiger partial charge in [0.2, 0.25) is 5.91 Å². The van der Waals surface area contributed by atoms with E-state index in [0.29, 0.717) is 5.82 Å². The van der Waals surface area contributed by atoms with Gasteiger partial charge in [0.25, 0.3) is 0 Å². The predicted octanol–water partition coefficient (Wildman–Crippen LogP) is 2.54. The Bertz CT molecular complexity index is 801. The molecule has 0 bridgehead atoms. The van der Waals surface area contributed by atoms with Crippen LogP contribution in [0.2, 0.25) is 0 Å². The molecule has 2 heterocycles. The number of carbonyl (C=O) groups excluding carboxylic acids is 1. The molecule has 2 aromatic heterocycles. The van der Waals surface area contributed by atoms with Crippen LogP contribution in [0.1, 0.15) is 0 Å². The number of rotatable bonds is 4. The van der Waals surface area contributed by atoms with Crippen molar-refractivity contribution in [2.24, 2.45) is 0 Å². The molecule has 3 rings (SSSR count). The molecule has 5 nitrogen and oxygen atoms in total. The minimum Gasteiger partial charge on any atom is -0.358 e. The number of likely N-dealkylation sites (N-methyl/N-ethyl adjacent to an activating group) is 2. The third-order valence-electron chi connectivity index (χ3n) is 3.35. The second-order valence-corrected chi connectivity index (χ2v) is 5.84. The van der Waals surface area contributed by atoms with Gasteiger partial charge in [0, 0.05) is 19.5 Å². The summed E-state index contributed by atoms with van der Waals surface area (Å²) < 4.78 is 0.